The molecule has 4 rings (SSSR count). The number of carbonyl (C=O) groups is 1. The average molecular weight is 336 g/mol. The first-order chi connectivity index (χ1) is 11.8. The maximum absolute atomic E-state index is 12.5. The second-order valence-electron chi connectivity index (χ2n) is 5.56. The largest absolute Gasteiger partial charge is 0.344 e. The summed E-state index contributed by atoms with van der Waals surface area (Å²) in [5.41, 5.74) is 2.34. The summed E-state index contributed by atoms with van der Waals surface area (Å²) in [6.45, 7) is 0. The summed E-state index contributed by atoms with van der Waals surface area (Å²) < 4.78 is 0. The Kier molecular flexibility index (Phi) is 4.04. The molecule has 3 aromatic rings. The van der Waals surface area contributed by atoms with E-state index < -0.39 is 0 Å². The van der Waals surface area contributed by atoms with Crippen molar-refractivity contribution in [3.63, 3.8) is 0 Å². The Hall–Kier alpha value is -2.60. The minimum absolute atomic E-state index is 0.0248. The number of nitrogens with zero attached hydrogens (tertiary/aromatic N) is 3. The SMILES string of the molecule is O=C(N[C@@H]1CCSc2ccccc21)c1cnn(-c2ccccc2)n1. The van der Waals surface area contributed by atoms with E-state index in [1.54, 1.807) is 0 Å². The molecule has 0 unspecified atom stereocenters. The van der Waals surface area contributed by atoms with E-state index in [1.807, 2.05) is 54.2 Å². The standard InChI is InChI=1S/C18H16N4OS/c23-18(16-12-19-22(21-16)13-6-2-1-3-7-13)20-15-10-11-24-17-9-5-4-8-14(15)17/h1-9,12,15H,10-11H2,(H,20,23)/t15-/m1/s1. The van der Waals surface area contributed by atoms with Crippen molar-refractivity contribution in [2.24, 2.45) is 0 Å². The first-order valence-corrected chi connectivity index (χ1v) is 8.80. The second kappa shape index (κ2) is 6.49. The Balaban J connectivity index is 1.53. The number of nitrogens with one attached hydrogen (secondary N) is 1. The lowest BCUT2D eigenvalue weighted by atomic mass is 10.0. The molecule has 120 valence electrons. The van der Waals surface area contributed by atoms with Gasteiger partial charge < -0.3 is 5.32 Å². The molecule has 0 radical (unpaired) electrons. The summed E-state index contributed by atoms with van der Waals surface area (Å²) >= 11 is 1.83. The van der Waals surface area contributed by atoms with Crippen LogP contribution in [-0.2, 0) is 0 Å². The zero-order chi connectivity index (χ0) is 16.4. The van der Waals surface area contributed by atoms with Crippen molar-refractivity contribution < 1.29 is 4.79 Å². The van der Waals surface area contributed by atoms with Gasteiger partial charge in [0.1, 0.15) is 0 Å². The Labute approximate surface area is 144 Å². The summed E-state index contributed by atoms with van der Waals surface area (Å²) in [4.78, 5) is 15.2. The summed E-state index contributed by atoms with van der Waals surface area (Å²) in [6, 6.07) is 17.8. The molecule has 0 aliphatic carbocycles. The zero-order valence-electron chi connectivity index (χ0n) is 12.9. The third kappa shape index (κ3) is 2.92. The van der Waals surface area contributed by atoms with E-state index in [2.05, 4.69) is 27.6 Å². The molecule has 5 nitrogen and oxygen atoms in total. The molecule has 0 saturated heterocycles. The van der Waals surface area contributed by atoms with Crippen LogP contribution >= 0.6 is 11.8 Å². The number of aromatic nitrogens is 3. The predicted octanol–water partition coefficient (Wildman–Crippen LogP) is 3.23. The fourth-order valence-corrected chi connectivity index (χ4v) is 3.90. The Morgan fingerprint density at radius 2 is 1.92 bits per heavy atom. The van der Waals surface area contributed by atoms with Crippen LogP contribution in [0.25, 0.3) is 5.69 Å². The fourth-order valence-electron chi connectivity index (χ4n) is 2.78. The maximum Gasteiger partial charge on any atom is 0.273 e. The molecule has 2 heterocycles. The molecule has 6 heteroatoms. The Morgan fingerprint density at radius 1 is 1.12 bits per heavy atom. The molecular weight excluding hydrogens is 320 g/mol. The molecule has 1 amide bonds. The smallest absolute Gasteiger partial charge is 0.273 e. The number of thioether (sulfide) groups is 1. The molecule has 2 aromatic carbocycles. The van der Waals surface area contributed by atoms with Crippen molar-refractivity contribution in [2.45, 2.75) is 17.4 Å². The molecule has 1 atom stereocenters. The lowest BCUT2D eigenvalue weighted by Gasteiger charge is -2.25. The van der Waals surface area contributed by atoms with Crippen molar-refractivity contribution >= 4 is 17.7 Å². The van der Waals surface area contributed by atoms with Gasteiger partial charge in [0, 0.05) is 10.6 Å². The van der Waals surface area contributed by atoms with Crippen LogP contribution in [0.2, 0.25) is 0 Å². The molecule has 24 heavy (non-hydrogen) atoms. The van der Waals surface area contributed by atoms with Gasteiger partial charge in [0.05, 0.1) is 17.9 Å². The van der Waals surface area contributed by atoms with Crippen LogP contribution in [0.1, 0.15) is 28.5 Å². The lowest BCUT2D eigenvalue weighted by molar-refractivity contribution is 0.0929. The van der Waals surface area contributed by atoms with Crippen LogP contribution in [0.5, 0.6) is 0 Å². The van der Waals surface area contributed by atoms with E-state index in [1.165, 1.54) is 21.5 Å². The molecule has 1 N–H and O–H groups in total. The van der Waals surface area contributed by atoms with Gasteiger partial charge in [0.2, 0.25) is 0 Å². The maximum atomic E-state index is 12.5. The van der Waals surface area contributed by atoms with Crippen molar-refractivity contribution in [2.75, 3.05) is 5.75 Å². The van der Waals surface area contributed by atoms with E-state index >= 15 is 0 Å². The molecule has 1 aliphatic rings. The summed E-state index contributed by atoms with van der Waals surface area (Å²) in [7, 11) is 0. The molecule has 0 bridgehead atoms. The quantitative estimate of drug-likeness (QED) is 0.798. The van der Waals surface area contributed by atoms with Crippen LogP contribution in [-0.4, -0.2) is 26.7 Å². The van der Waals surface area contributed by atoms with Crippen molar-refractivity contribution in [3.8, 4) is 5.69 Å². The predicted molar refractivity (Wildman–Crippen MR) is 93.3 cm³/mol. The van der Waals surface area contributed by atoms with Gasteiger partial charge >= 0.3 is 0 Å². The second-order valence-corrected chi connectivity index (χ2v) is 6.69. The third-order valence-electron chi connectivity index (χ3n) is 3.98. The number of para-hydroxylation sites is 1. The Bertz CT molecular complexity index is 862. The van der Waals surface area contributed by atoms with Crippen molar-refractivity contribution in [3.05, 3.63) is 72.1 Å². The minimum Gasteiger partial charge on any atom is -0.344 e. The molecule has 0 saturated carbocycles. The van der Waals surface area contributed by atoms with Crippen molar-refractivity contribution in [1.29, 1.82) is 0 Å². The molecule has 0 fully saturated rings. The van der Waals surface area contributed by atoms with Crippen LogP contribution in [0.3, 0.4) is 0 Å². The van der Waals surface area contributed by atoms with E-state index in [0.29, 0.717) is 5.69 Å². The molecule has 1 aromatic heterocycles. The summed E-state index contributed by atoms with van der Waals surface area (Å²) in [6.07, 6.45) is 2.42. The fraction of sp³-hybridized carbons (Fsp3) is 0.167. The van der Waals surface area contributed by atoms with E-state index in [-0.39, 0.29) is 11.9 Å². The third-order valence-corrected chi connectivity index (χ3v) is 5.10. The monoisotopic (exact) mass is 336 g/mol. The number of amides is 1. The summed E-state index contributed by atoms with van der Waals surface area (Å²) in [5.74, 6) is 0.808. The number of fused-ring (bicyclic) bond motifs is 1. The normalized spacial score (nSPS) is 16.4. The first-order valence-electron chi connectivity index (χ1n) is 7.81. The van der Waals surface area contributed by atoms with E-state index in [9.17, 15) is 4.79 Å². The van der Waals surface area contributed by atoms with Gasteiger partial charge in [-0.15, -0.1) is 16.9 Å². The highest BCUT2D eigenvalue weighted by Crippen LogP contribution is 2.35. The number of benzene rings is 2. The van der Waals surface area contributed by atoms with E-state index in [4.69, 9.17) is 0 Å². The number of carbonyl (C=O) groups excluding carboxylic acids is 1. The van der Waals surface area contributed by atoms with Gasteiger partial charge in [0.15, 0.2) is 5.69 Å². The van der Waals surface area contributed by atoms with Crippen LogP contribution in [0.4, 0.5) is 0 Å². The molecule has 0 spiro atoms. The van der Waals surface area contributed by atoms with Gasteiger partial charge in [-0.2, -0.15) is 9.90 Å². The van der Waals surface area contributed by atoms with Gasteiger partial charge in [-0.05, 0) is 30.2 Å². The zero-order valence-corrected chi connectivity index (χ0v) is 13.7. The highest BCUT2D eigenvalue weighted by atomic mass is 32.2. The number of rotatable bonds is 3. The van der Waals surface area contributed by atoms with Gasteiger partial charge in [-0.25, -0.2) is 0 Å². The van der Waals surface area contributed by atoms with Gasteiger partial charge in [0.25, 0.3) is 5.91 Å². The molecule has 1 aliphatic heterocycles. The lowest BCUT2D eigenvalue weighted by Crippen LogP contribution is -2.31. The molecular formula is C18H16N4OS. The highest BCUT2D eigenvalue weighted by molar-refractivity contribution is 7.99. The van der Waals surface area contributed by atoms with Crippen LogP contribution in [0, 0.1) is 0 Å². The first kappa shape index (κ1) is 15.0. The van der Waals surface area contributed by atoms with Crippen LogP contribution < -0.4 is 5.32 Å². The Morgan fingerprint density at radius 3 is 2.79 bits per heavy atom. The van der Waals surface area contributed by atoms with Gasteiger partial charge in [-0.1, -0.05) is 36.4 Å². The summed E-state index contributed by atoms with van der Waals surface area (Å²) in [5, 5.41) is 11.6. The van der Waals surface area contributed by atoms with Crippen LogP contribution in [0.15, 0.2) is 65.7 Å². The van der Waals surface area contributed by atoms with E-state index in [0.717, 1.165) is 17.9 Å². The average Bonchev–Trinajstić information content (AvgIpc) is 3.13. The number of hydrogen-bond acceptors (Lipinski definition) is 4. The minimum atomic E-state index is -0.191. The topological polar surface area (TPSA) is 59.8 Å². The van der Waals surface area contributed by atoms with Gasteiger partial charge in [-0.3, -0.25) is 4.79 Å². The number of hydrogen-bond donors (Lipinski definition) is 1. The highest BCUT2D eigenvalue weighted by Gasteiger charge is 2.23. The van der Waals surface area contributed by atoms with Crippen molar-refractivity contribution in [1.82, 2.24) is 20.3 Å².